The van der Waals surface area contributed by atoms with Crippen molar-refractivity contribution in [1.29, 1.82) is 0 Å². The van der Waals surface area contributed by atoms with Gasteiger partial charge in [-0.1, -0.05) is 38.1 Å². The van der Waals surface area contributed by atoms with Gasteiger partial charge in [-0.2, -0.15) is 5.10 Å². The first-order valence-electron chi connectivity index (χ1n) is 7.61. The van der Waals surface area contributed by atoms with Gasteiger partial charge >= 0.3 is 0 Å². The summed E-state index contributed by atoms with van der Waals surface area (Å²) in [6.07, 6.45) is 6.44. The highest BCUT2D eigenvalue weighted by Crippen LogP contribution is 2.31. The Balaban J connectivity index is 1.63. The van der Waals surface area contributed by atoms with Crippen LogP contribution in [0.1, 0.15) is 42.0 Å². The fourth-order valence-electron chi connectivity index (χ4n) is 2.59. The van der Waals surface area contributed by atoms with Gasteiger partial charge in [-0.3, -0.25) is 5.43 Å². The average Bonchev–Trinajstić information content (AvgIpc) is 2.89. The number of nitrogens with one attached hydrogen (secondary N) is 1. The summed E-state index contributed by atoms with van der Waals surface area (Å²) in [6, 6.07) is 8.48. The normalized spacial score (nSPS) is 17.9. The minimum Gasteiger partial charge on any atom is -0.253 e. The molecule has 1 atom stereocenters. The number of rotatable bonds is 4. The molecule has 4 heteroatoms. The highest BCUT2D eigenvalue weighted by Gasteiger charge is 2.19. The molecule has 21 heavy (non-hydrogen) atoms. The fourth-order valence-corrected chi connectivity index (χ4v) is 3.71. The zero-order valence-electron chi connectivity index (χ0n) is 12.6. The number of fused-ring (bicyclic) bond motifs is 1. The molecule has 2 aromatic rings. The van der Waals surface area contributed by atoms with Crippen molar-refractivity contribution in [2.75, 3.05) is 5.43 Å². The van der Waals surface area contributed by atoms with Crippen LogP contribution in [0, 0.1) is 5.92 Å². The lowest BCUT2D eigenvalue weighted by Gasteiger charge is -2.15. The number of anilines is 1. The maximum Gasteiger partial charge on any atom is 0.203 e. The summed E-state index contributed by atoms with van der Waals surface area (Å²) in [7, 11) is 0. The zero-order chi connectivity index (χ0) is 14.7. The van der Waals surface area contributed by atoms with Crippen LogP contribution >= 0.6 is 11.3 Å². The van der Waals surface area contributed by atoms with Crippen molar-refractivity contribution >= 4 is 22.7 Å². The van der Waals surface area contributed by atoms with Gasteiger partial charge in [0.25, 0.3) is 0 Å². The van der Waals surface area contributed by atoms with Gasteiger partial charge in [0, 0.05) is 4.88 Å². The molecule has 110 valence electrons. The molecule has 1 N–H and O–H groups in total. The first-order chi connectivity index (χ1) is 10.2. The molecular formula is C17H21N3S. The standard InChI is InChI=1S/C17H21N3S/c1-3-13-5-7-14(8-6-13)11-18-20-17-19-15-9-4-12(2)10-16(15)21-17/h5-8,11-12H,3-4,9-10H2,1-2H3,(H,19,20)/b18-11-. The molecule has 0 aliphatic heterocycles. The second-order valence-electron chi connectivity index (χ2n) is 5.70. The SMILES string of the molecule is CCc1ccc(/C=N\Nc2nc3c(s2)CC(C)CC3)cc1. The summed E-state index contributed by atoms with van der Waals surface area (Å²) in [5, 5.41) is 5.22. The molecule has 1 aliphatic rings. The van der Waals surface area contributed by atoms with E-state index >= 15 is 0 Å². The molecule has 0 bridgehead atoms. The first kappa shape index (κ1) is 14.3. The minimum atomic E-state index is 0.784. The van der Waals surface area contributed by atoms with E-state index < -0.39 is 0 Å². The largest absolute Gasteiger partial charge is 0.253 e. The van der Waals surface area contributed by atoms with Crippen LogP contribution in [0.15, 0.2) is 29.4 Å². The molecule has 0 saturated carbocycles. The van der Waals surface area contributed by atoms with E-state index in [0.717, 1.165) is 35.9 Å². The molecule has 0 fully saturated rings. The van der Waals surface area contributed by atoms with Gasteiger partial charge in [-0.05, 0) is 42.7 Å². The lowest BCUT2D eigenvalue weighted by Crippen LogP contribution is -2.09. The lowest BCUT2D eigenvalue weighted by molar-refractivity contribution is 0.502. The number of hydrogen-bond acceptors (Lipinski definition) is 4. The van der Waals surface area contributed by atoms with Crippen LogP contribution in [0.3, 0.4) is 0 Å². The van der Waals surface area contributed by atoms with Crippen LogP contribution in [0.5, 0.6) is 0 Å². The Morgan fingerprint density at radius 2 is 2.19 bits per heavy atom. The predicted octanol–water partition coefficient (Wildman–Crippen LogP) is 4.28. The quantitative estimate of drug-likeness (QED) is 0.676. The van der Waals surface area contributed by atoms with Gasteiger partial charge in [-0.25, -0.2) is 4.98 Å². The van der Waals surface area contributed by atoms with Gasteiger partial charge in [0.1, 0.15) is 0 Å². The number of aryl methyl sites for hydroxylation is 2. The molecule has 0 spiro atoms. The van der Waals surface area contributed by atoms with E-state index in [1.165, 1.54) is 22.6 Å². The Labute approximate surface area is 130 Å². The van der Waals surface area contributed by atoms with Gasteiger partial charge in [-0.15, -0.1) is 11.3 Å². The van der Waals surface area contributed by atoms with Crippen LogP contribution in [0.4, 0.5) is 5.13 Å². The predicted molar refractivity (Wildman–Crippen MR) is 90.3 cm³/mol. The van der Waals surface area contributed by atoms with E-state index in [2.05, 4.69) is 53.6 Å². The van der Waals surface area contributed by atoms with Crippen molar-refractivity contribution in [3.8, 4) is 0 Å². The van der Waals surface area contributed by atoms with Crippen molar-refractivity contribution in [2.24, 2.45) is 11.0 Å². The van der Waals surface area contributed by atoms with E-state index in [0.29, 0.717) is 0 Å². The topological polar surface area (TPSA) is 37.3 Å². The third-order valence-electron chi connectivity index (χ3n) is 3.95. The molecule has 3 nitrogen and oxygen atoms in total. The van der Waals surface area contributed by atoms with Crippen LogP contribution in [-0.2, 0) is 19.3 Å². The molecule has 1 aliphatic carbocycles. The van der Waals surface area contributed by atoms with Crippen molar-refractivity contribution < 1.29 is 0 Å². The Bertz CT molecular complexity index is 628. The number of nitrogens with zero attached hydrogens (tertiary/aromatic N) is 2. The fraction of sp³-hybridized carbons (Fsp3) is 0.412. The maximum atomic E-state index is 4.64. The van der Waals surface area contributed by atoms with Crippen LogP contribution in [-0.4, -0.2) is 11.2 Å². The third kappa shape index (κ3) is 3.50. The monoisotopic (exact) mass is 299 g/mol. The Morgan fingerprint density at radius 1 is 1.38 bits per heavy atom. The van der Waals surface area contributed by atoms with E-state index in [9.17, 15) is 0 Å². The van der Waals surface area contributed by atoms with Gasteiger partial charge in [0.15, 0.2) is 0 Å². The lowest BCUT2D eigenvalue weighted by atomic mass is 9.93. The van der Waals surface area contributed by atoms with Gasteiger partial charge in [0.2, 0.25) is 5.13 Å². The molecule has 1 aromatic heterocycles. The van der Waals surface area contributed by atoms with Crippen molar-refractivity contribution in [2.45, 2.75) is 39.5 Å². The van der Waals surface area contributed by atoms with Crippen molar-refractivity contribution in [3.05, 3.63) is 46.0 Å². The number of hydrazone groups is 1. The zero-order valence-corrected chi connectivity index (χ0v) is 13.4. The second kappa shape index (κ2) is 6.39. The Kier molecular flexibility index (Phi) is 4.34. The Hall–Kier alpha value is -1.68. The molecule has 3 rings (SSSR count). The molecule has 0 saturated heterocycles. The number of hydrogen-bond donors (Lipinski definition) is 1. The smallest absolute Gasteiger partial charge is 0.203 e. The summed E-state index contributed by atoms with van der Waals surface area (Å²) in [6.45, 7) is 4.48. The van der Waals surface area contributed by atoms with Gasteiger partial charge < -0.3 is 0 Å². The second-order valence-corrected chi connectivity index (χ2v) is 6.79. The highest BCUT2D eigenvalue weighted by atomic mass is 32.1. The average molecular weight is 299 g/mol. The maximum absolute atomic E-state index is 4.64. The van der Waals surface area contributed by atoms with Gasteiger partial charge in [0.05, 0.1) is 11.9 Å². The summed E-state index contributed by atoms with van der Waals surface area (Å²) in [5.41, 5.74) is 6.79. The third-order valence-corrected chi connectivity index (χ3v) is 4.97. The highest BCUT2D eigenvalue weighted by molar-refractivity contribution is 7.15. The molecule has 1 aromatic carbocycles. The molecule has 0 radical (unpaired) electrons. The molecule has 0 amide bonds. The van der Waals surface area contributed by atoms with E-state index in [-0.39, 0.29) is 0 Å². The van der Waals surface area contributed by atoms with E-state index in [4.69, 9.17) is 0 Å². The molecular weight excluding hydrogens is 278 g/mol. The summed E-state index contributed by atoms with van der Waals surface area (Å²) < 4.78 is 0. The molecule has 1 unspecified atom stereocenters. The summed E-state index contributed by atoms with van der Waals surface area (Å²) >= 11 is 1.74. The molecule has 1 heterocycles. The summed E-state index contributed by atoms with van der Waals surface area (Å²) in [5.74, 6) is 0.784. The van der Waals surface area contributed by atoms with Crippen LogP contribution in [0.2, 0.25) is 0 Å². The number of benzene rings is 1. The number of aromatic nitrogens is 1. The van der Waals surface area contributed by atoms with E-state index in [1.54, 1.807) is 11.3 Å². The number of thiazole rings is 1. The minimum absolute atomic E-state index is 0.784. The first-order valence-corrected chi connectivity index (χ1v) is 8.43. The van der Waals surface area contributed by atoms with E-state index in [1.807, 2.05) is 6.21 Å². The van der Waals surface area contributed by atoms with Crippen molar-refractivity contribution in [1.82, 2.24) is 4.98 Å². The van der Waals surface area contributed by atoms with Crippen LogP contribution < -0.4 is 5.43 Å². The van der Waals surface area contributed by atoms with Crippen molar-refractivity contribution in [3.63, 3.8) is 0 Å². The summed E-state index contributed by atoms with van der Waals surface area (Å²) in [4.78, 5) is 6.07. The van der Waals surface area contributed by atoms with Crippen LogP contribution in [0.25, 0.3) is 0 Å². The Morgan fingerprint density at radius 3 is 2.95 bits per heavy atom.